The van der Waals surface area contributed by atoms with Crippen molar-refractivity contribution < 1.29 is 4.79 Å². The zero-order chi connectivity index (χ0) is 20.4. The van der Waals surface area contributed by atoms with Crippen molar-refractivity contribution in [3.05, 3.63) is 59.8 Å². The van der Waals surface area contributed by atoms with Crippen LogP contribution in [0.4, 0.5) is 0 Å². The van der Waals surface area contributed by atoms with Crippen molar-refractivity contribution in [2.45, 2.75) is 39.0 Å². The number of aromatic nitrogens is 1. The van der Waals surface area contributed by atoms with Crippen molar-refractivity contribution in [3.8, 4) is 11.1 Å². The normalized spacial score (nSPS) is 15.6. The third-order valence-corrected chi connectivity index (χ3v) is 6.02. The Kier molecular flexibility index (Phi) is 5.46. The molecule has 4 rings (SSSR count). The number of piperidine rings is 1. The van der Waals surface area contributed by atoms with Crippen LogP contribution in [0.5, 0.6) is 0 Å². The number of fused-ring (bicyclic) bond motifs is 1. The summed E-state index contributed by atoms with van der Waals surface area (Å²) in [5, 5.41) is 7.49. The maximum Gasteiger partial charge on any atom is 0.253 e. The molecule has 3 aromatic rings. The SMILES string of the molecule is CC(C)(C)c1ccc(-c2ccc3[nH]cc(C(=O)NCC4CCNCC4)c3c2)cc1. The van der Waals surface area contributed by atoms with Crippen LogP contribution in [-0.4, -0.2) is 30.5 Å². The monoisotopic (exact) mass is 389 g/mol. The molecular weight excluding hydrogens is 358 g/mol. The van der Waals surface area contributed by atoms with Gasteiger partial charge in [-0.25, -0.2) is 0 Å². The van der Waals surface area contributed by atoms with Crippen LogP contribution in [0, 0.1) is 5.92 Å². The Balaban J connectivity index is 1.55. The molecule has 0 aliphatic carbocycles. The first-order valence-corrected chi connectivity index (χ1v) is 10.6. The Morgan fingerprint density at radius 2 is 1.72 bits per heavy atom. The molecule has 3 N–H and O–H groups in total. The van der Waals surface area contributed by atoms with E-state index in [4.69, 9.17) is 0 Å². The summed E-state index contributed by atoms with van der Waals surface area (Å²) < 4.78 is 0. The summed E-state index contributed by atoms with van der Waals surface area (Å²) in [4.78, 5) is 16.1. The second kappa shape index (κ2) is 8.03. The van der Waals surface area contributed by atoms with Crippen LogP contribution in [-0.2, 0) is 5.41 Å². The summed E-state index contributed by atoms with van der Waals surface area (Å²) >= 11 is 0. The van der Waals surface area contributed by atoms with Crippen molar-refractivity contribution in [2.24, 2.45) is 5.92 Å². The Morgan fingerprint density at radius 3 is 2.41 bits per heavy atom. The second-order valence-electron chi connectivity index (χ2n) is 9.19. The van der Waals surface area contributed by atoms with Crippen LogP contribution >= 0.6 is 0 Å². The third-order valence-electron chi connectivity index (χ3n) is 6.02. The van der Waals surface area contributed by atoms with Crippen LogP contribution in [0.3, 0.4) is 0 Å². The van der Waals surface area contributed by atoms with E-state index in [1.54, 1.807) is 0 Å². The summed E-state index contributed by atoms with van der Waals surface area (Å²) in [5.41, 5.74) is 5.48. The summed E-state index contributed by atoms with van der Waals surface area (Å²) in [6.45, 7) is 9.52. The van der Waals surface area contributed by atoms with Gasteiger partial charge in [0.25, 0.3) is 5.91 Å². The topological polar surface area (TPSA) is 56.9 Å². The quantitative estimate of drug-likeness (QED) is 0.597. The van der Waals surface area contributed by atoms with Gasteiger partial charge < -0.3 is 15.6 Å². The van der Waals surface area contributed by atoms with Gasteiger partial charge in [0.1, 0.15) is 0 Å². The van der Waals surface area contributed by atoms with Crippen molar-refractivity contribution in [1.82, 2.24) is 15.6 Å². The minimum atomic E-state index is 0.00927. The molecule has 1 fully saturated rings. The van der Waals surface area contributed by atoms with E-state index in [9.17, 15) is 4.79 Å². The molecule has 1 aromatic heterocycles. The fraction of sp³-hybridized carbons (Fsp3) is 0.400. The van der Waals surface area contributed by atoms with Gasteiger partial charge in [0.2, 0.25) is 0 Å². The molecule has 1 aliphatic heterocycles. The molecule has 0 radical (unpaired) electrons. The molecule has 4 heteroatoms. The first-order chi connectivity index (χ1) is 13.9. The van der Waals surface area contributed by atoms with Gasteiger partial charge in [0, 0.05) is 23.6 Å². The smallest absolute Gasteiger partial charge is 0.253 e. The zero-order valence-corrected chi connectivity index (χ0v) is 17.6. The lowest BCUT2D eigenvalue weighted by Gasteiger charge is -2.22. The average molecular weight is 390 g/mol. The van der Waals surface area contributed by atoms with E-state index in [2.05, 4.69) is 78.9 Å². The molecule has 2 aromatic carbocycles. The summed E-state index contributed by atoms with van der Waals surface area (Å²) in [6, 6.07) is 15.0. The van der Waals surface area contributed by atoms with Gasteiger partial charge in [-0.1, -0.05) is 51.1 Å². The van der Waals surface area contributed by atoms with Gasteiger partial charge >= 0.3 is 0 Å². The number of amides is 1. The largest absolute Gasteiger partial charge is 0.360 e. The lowest BCUT2D eigenvalue weighted by atomic mass is 9.86. The molecule has 4 nitrogen and oxygen atoms in total. The fourth-order valence-corrected chi connectivity index (χ4v) is 4.07. The standard InChI is InChI=1S/C25H31N3O/c1-25(2,3)20-7-4-18(5-8-20)19-6-9-23-21(14-19)22(16-27-23)24(29)28-15-17-10-12-26-13-11-17/h4-9,14,16-17,26-27H,10-13,15H2,1-3H3,(H,28,29). The van der Waals surface area contributed by atoms with Crippen molar-refractivity contribution in [3.63, 3.8) is 0 Å². The molecule has 1 amide bonds. The summed E-state index contributed by atoms with van der Waals surface area (Å²) in [6.07, 6.45) is 4.08. The Labute approximate surface area is 173 Å². The highest BCUT2D eigenvalue weighted by molar-refractivity contribution is 6.07. The second-order valence-corrected chi connectivity index (χ2v) is 9.19. The molecule has 0 saturated carbocycles. The number of H-pyrrole nitrogens is 1. The molecule has 29 heavy (non-hydrogen) atoms. The van der Waals surface area contributed by atoms with Gasteiger partial charge in [-0.3, -0.25) is 4.79 Å². The molecule has 1 aliphatic rings. The maximum atomic E-state index is 12.8. The molecule has 0 bridgehead atoms. The van der Waals surface area contributed by atoms with Gasteiger partial charge in [-0.2, -0.15) is 0 Å². The predicted octanol–water partition coefficient (Wildman–Crippen LogP) is 4.86. The van der Waals surface area contributed by atoms with Crippen LogP contribution in [0.25, 0.3) is 22.0 Å². The van der Waals surface area contributed by atoms with E-state index in [1.807, 2.05) is 6.20 Å². The lowest BCUT2D eigenvalue weighted by molar-refractivity contribution is 0.0946. The predicted molar refractivity (Wildman–Crippen MR) is 120 cm³/mol. The number of hydrogen-bond acceptors (Lipinski definition) is 2. The van der Waals surface area contributed by atoms with E-state index >= 15 is 0 Å². The van der Waals surface area contributed by atoms with Crippen LogP contribution in [0.15, 0.2) is 48.7 Å². The minimum Gasteiger partial charge on any atom is -0.360 e. The highest BCUT2D eigenvalue weighted by Gasteiger charge is 2.17. The molecule has 152 valence electrons. The first kappa shape index (κ1) is 19.7. The molecule has 0 spiro atoms. The highest BCUT2D eigenvalue weighted by Crippen LogP contribution is 2.29. The number of carbonyl (C=O) groups is 1. The number of benzene rings is 2. The number of nitrogens with one attached hydrogen (secondary N) is 3. The molecule has 0 atom stereocenters. The van der Waals surface area contributed by atoms with Crippen molar-refractivity contribution in [1.29, 1.82) is 0 Å². The van der Waals surface area contributed by atoms with Crippen molar-refractivity contribution >= 4 is 16.8 Å². The Morgan fingerprint density at radius 1 is 1.03 bits per heavy atom. The van der Waals surface area contributed by atoms with E-state index < -0.39 is 0 Å². The van der Waals surface area contributed by atoms with Gasteiger partial charge in [0.15, 0.2) is 0 Å². The molecule has 2 heterocycles. The van der Waals surface area contributed by atoms with Gasteiger partial charge in [0.05, 0.1) is 5.56 Å². The average Bonchev–Trinajstić information content (AvgIpc) is 3.15. The fourth-order valence-electron chi connectivity index (χ4n) is 4.07. The first-order valence-electron chi connectivity index (χ1n) is 10.6. The van der Waals surface area contributed by atoms with E-state index in [0.29, 0.717) is 5.92 Å². The zero-order valence-electron chi connectivity index (χ0n) is 17.6. The number of rotatable bonds is 4. The minimum absolute atomic E-state index is 0.00927. The van der Waals surface area contributed by atoms with Crippen molar-refractivity contribution in [2.75, 3.05) is 19.6 Å². The van der Waals surface area contributed by atoms with Gasteiger partial charge in [-0.05, 0) is 66.1 Å². The Hall–Kier alpha value is -2.59. The molecular formula is C25H31N3O. The molecule has 0 unspecified atom stereocenters. The van der Waals surface area contributed by atoms with Gasteiger partial charge in [-0.15, -0.1) is 0 Å². The maximum absolute atomic E-state index is 12.8. The van der Waals surface area contributed by atoms with E-state index in [1.165, 1.54) is 11.1 Å². The van der Waals surface area contributed by atoms with Crippen LogP contribution in [0.1, 0.15) is 49.5 Å². The van der Waals surface area contributed by atoms with Crippen LogP contribution in [0.2, 0.25) is 0 Å². The third kappa shape index (κ3) is 4.38. The van der Waals surface area contributed by atoms with E-state index in [0.717, 1.165) is 54.5 Å². The number of carbonyl (C=O) groups excluding carboxylic acids is 1. The van der Waals surface area contributed by atoms with Crippen LogP contribution < -0.4 is 10.6 Å². The Bertz CT molecular complexity index is 989. The van der Waals surface area contributed by atoms with E-state index in [-0.39, 0.29) is 11.3 Å². The summed E-state index contributed by atoms with van der Waals surface area (Å²) in [5.74, 6) is 0.581. The lowest BCUT2D eigenvalue weighted by Crippen LogP contribution is -2.35. The highest BCUT2D eigenvalue weighted by atomic mass is 16.1. The summed E-state index contributed by atoms with van der Waals surface area (Å²) in [7, 11) is 0. The molecule has 1 saturated heterocycles. The number of hydrogen-bond donors (Lipinski definition) is 3. The number of aromatic amines is 1.